The second kappa shape index (κ2) is 9.03. The molecule has 34 heavy (non-hydrogen) atoms. The monoisotopic (exact) mass is 496 g/mol. The normalized spacial score (nSPS) is 20.0. The predicted octanol–water partition coefficient (Wildman–Crippen LogP) is 6.43. The Labute approximate surface area is 211 Å². The first-order valence-corrected chi connectivity index (χ1v) is 12.7. The molecular formula is C27H30Cl2N4O. The number of rotatable bonds is 5. The van der Waals surface area contributed by atoms with Crippen LogP contribution in [0, 0.1) is 13.8 Å². The fourth-order valence-corrected chi connectivity index (χ4v) is 5.87. The summed E-state index contributed by atoms with van der Waals surface area (Å²) in [4.78, 5) is 15.9. The number of fused-ring (bicyclic) bond motifs is 1. The van der Waals surface area contributed by atoms with Gasteiger partial charge in [-0.2, -0.15) is 5.10 Å². The number of hydrogen-bond donors (Lipinski definition) is 1. The number of nitrogens with one attached hydrogen (secondary N) is 1. The molecule has 0 bridgehead atoms. The van der Waals surface area contributed by atoms with E-state index in [2.05, 4.69) is 30.8 Å². The Kier molecular flexibility index (Phi) is 6.21. The van der Waals surface area contributed by atoms with Gasteiger partial charge in [-0.1, -0.05) is 49.2 Å². The summed E-state index contributed by atoms with van der Waals surface area (Å²) in [6, 6.07) is 11.7. The Bertz CT molecular complexity index is 1260. The third-order valence-corrected chi connectivity index (χ3v) is 7.51. The van der Waals surface area contributed by atoms with Crippen LogP contribution in [-0.4, -0.2) is 28.3 Å². The molecule has 0 saturated carbocycles. The van der Waals surface area contributed by atoms with Crippen LogP contribution in [0.2, 0.25) is 10.0 Å². The van der Waals surface area contributed by atoms with Gasteiger partial charge in [-0.3, -0.25) is 14.4 Å². The van der Waals surface area contributed by atoms with Gasteiger partial charge in [-0.15, -0.1) is 0 Å². The first-order valence-electron chi connectivity index (χ1n) is 12.0. The molecular weight excluding hydrogens is 467 g/mol. The molecule has 3 heterocycles. The van der Waals surface area contributed by atoms with Crippen LogP contribution in [0.3, 0.4) is 0 Å². The minimum Gasteiger partial charge on any atom is -0.312 e. The van der Waals surface area contributed by atoms with Gasteiger partial charge in [0.1, 0.15) is 0 Å². The Hall–Kier alpha value is -2.34. The van der Waals surface area contributed by atoms with Crippen molar-refractivity contribution in [2.45, 2.75) is 65.1 Å². The second-order valence-corrected chi connectivity index (χ2v) is 10.7. The molecule has 5 nitrogen and oxygen atoms in total. The van der Waals surface area contributed by atoms with E-state index in [1.807, 2.05) is 48.2 Å². The third kappa shape index (κ3) is 3.94. The number of benzene rings is 2. The first-order chi connectivity index (χ1) is 16.3. The highest BCUT2D eigenvalue weighted by Gasteiger charge is 2.45. The van der Waals surface area contributed by atoms with Crippen molar-refractivity contribution >= 4 is 34.8 Å². The number of aromatic nitrogens is 2. The summed E-state index contributed by atoms with van der Waals surface area (Å²) >= 11 is 12.7. The van der Waals surface area contributed by atoms with Gasteiger partial charge in [-0.05, 0) is 80.1 Å². The topological polar surface area (TPSA) is 50.2 Å². The zero-order chi connectivity index (χ0) is 24.1. The van der Waals surface area contributed by atoms with Gasteiger partial charge in [0.05, 0.1) is 12.6 Å². The number of carbonyl (C=O) groups excluding carboxylic acids is 1. The Morgan fingerprint density at radius 3 is 2.50 bits per heavy atom. The number of nitrogens with zero attached hydrogens (tertiary/aromatic N) is 3. The van der Waals surface area contributed by atoms with Gasteiger partial charge in [0.25, 0.3) is 5.91 Å². The van der Waals surface area contributed by atoms with Crippen LogP contribution in [0.4, 0.5) is 5.69 Å². The second-order valence-electron chi connectivity index (χ2n) is 9.79. The molecule has 0 aliphatic carbocycles. The summed E-state index contributed by atoms with van der Waals surface area (Å²) in [6.45, 7) is 10.2. The van der Waals surface area contributed by atoms with Gasteiger partial charge in [0.2, 0.25) is 0 Å². The maximum atomic E-state index is 14.0. The highest BCUT2D eigenvalue weighted by Crippen LogP contribution is 2.47. The van der Waals surface area contributed by atoms with E-state index in [1.165, 1.54) is 6.42 Å². The van der Waals surface area contributed by atoms with Crippen molar-refractivity contribution in [3.05, 3.63) is 80.1 Å². The van der Waals surface area contributed by atoms with Crippen LogP contribution in [0.1, 0.15) is 77.1 Å². The molecule has 2 aliphatic rings. The Balaban J connectivity index is 1.73. The highest BCUT2D eigenvalue weighted by molar-refractivity contribution is 6.31. The molecule has 2 aromatic carbocycles. The minimum absolute atomic E-state index is 0.0836. The van der Waals surface area contributed by atoms with Crippen molar-refractivity contribution in [2.75, 3.05) is 11.4 Å². The number of carbonyl (C=O) groups is 1. The predicted molar refractivity (Wildman–Crippen MR) is 138 cm³/mol. The quantitative estimate of drug-likeness (QED) is 0.442. The average molecular weight is 497 g/mol. The molecule has 1 saturated heterocycles. The van der Waals surface area contributed by atoms with E-state index in [4.69, 9.17) is 28.3 Å². The molecule has 1 fully saturated rings. The Morgan fingerprint density at radius 1 is 1.09 bits per heavy atom. The van der Waals surface area contributed by atoms with E-state index in [0.717, 1.165) is 53.1 Å². The minimum atomic E-state index is -0.292. The van der Waals surface area contributed by atoms with E-state index in [1.54, 1.807) is 0 Å². The van der Waals surface area contributed by atoms with Gasteiger partial charge in [0.15, 0.2) is 5.69 Å². The SMILES string of the molecule is Cc1cc(Cl)ccc1C1c2c(nn(C[C@@H]3CCCN3)c2C(C)C)C(=O)N1c1cc(Cl)ccc1C. The summed E-state index contributed by atoms with van der Waals surface area (Å²) in [5.74, 6) is 0.126. The maximum absolute atomic E-state index is 14.0. The molecule has 5 rings (SSSR count). The Morgan fingerprint density at radius 2 is 1.82 bits per heavy atom. The lowest BCUT2D eigenvalue weighted by molar-refractivity contribution is 0.0987. The van der Waals surface area contributed by atoms with E-state index in [-0.39, 0.29) is 17.9 Å². The fraction of sp³-hybridized carbons (Fsp3) is 0.407. The van der Waals surface area contributed by atoms with Crippen LogP contribution >= 0.6 is 23.2 Å². The molecule has 3 aromatic rings. The van der Waals surface area contributed by atoms with Crippen molar-refractivity contribution in [1.82, 2.24) is 15.1 Å². The van der Waals surface area contributed by atoms with Gasteiger partial charge < -0.3 is 5.32 Å². The summed E-state index contributed by atoms with van der Waals surface area (Å²) in [6.07, 6.45) is 2.31. The van der Waals surface area contributed by atoms with Gasteiger partial charge >= 0.3 is 0 Å². The van der Waals surface area contributed by atoms with E-state index < -0.39 is 0 Å². The van der Waals surface area contributed by atoms with Crippen LogP contribution in [0.25, 0.3) is 0 Å². The smallest absolute Gasteiger partial charge is 0.280 e. The third-order valence-electron chi connectivity index (χ3n) is 7.04. The summed E-state index contributed by atoms with van der Waals surface area (Å²) in [5.41, 5.74) is 6.57. The molecule has 1 unspecified atom stereocenters. The molecule has 0 radical (unpaired) electrons. The number of aryl methyl sites for hydroxylation is 2. The lowest BCUT2D eigenvalue weighted by Gasteiger charge is -2.30. The van der Waals surface area contributed by atoms with Crippen molar-refractivity contribution < 1.29 is 4.79 Å². The van der Waals surface area contributed by atoms with E-state index >= 15 is 0 Å². The average Bonchev–Trinajstić information content (AvgIpc) is 3.47. The van der Waals surface area contributed by atoms with Crippen molar-refractivity contribution in [1.29, 1.82) is 0 Å². The van der Waals surface area contributed by atoms with Crippen molar-refractivity contribution in [3.8, 4) is 0 Å². The van der Waals surface area contributed by atoms with Crippen LogP contribution in [-0.2, 0) is 6.54 Å². The van der Waals surface area contributed by atoms with Crippen molar-refractivity contribution in [2.24, 2.45) is 0 Å². The molecule has 2 atom stereocenters. The van der Waals surface area contributed by atoms with Gasteiger partial charge in [-0.25, -0.2) is 0 Å². The fourth-order valence-electron chi connectivity index (χ4n) is 5.48. The van der Waals surface area contributed by atoms with Gasteiger partial charge in [0, 0.05) is 33.0 Å². The number of halogens is 2. The zero-order valence-corrected chi connectivity index (χ0v) is 21.5. The lowest BCUT2D eigenvalue weighted by Crippen LogP contribution is -2.33. The maximum Gasteiger partial charge on any atom is 0.280 e. The largest absolute Gasteiger partial charge is 0.312 e. The van der Waals surface area contributed by atoms with E-state index in [0.29, 0.717) is 21.8 Å². The van der Waals surface area contributed by atoms with Crippen LogP contribution in [0.15, 0.2) is 36.4 Å². The molecule has 1 N–H and O–H groups in total. The zero-order valence-electron chi connectivity index (χ0n) is 20.0. The standard InChI is InChI=1S/C27H30Cl2N4O/c1-15(2)25-23-24(31-32(25)14-20-6-5-11-30-20)27(34)33(22-13-19(29)8-7-16(22)3)26(23)21-10-9-18(28)12-17(21)4/h7-10,12-13,15,20,26,30H,5-6,11,14H2,1-4H3/t20-,26?/m0/s1. The molecule has 1 aromatic heterocycles. The molecule has 178 valence electrons. The molecule has 2 aliphatic heterocycles. The van der Waals surface area contributed by atoms with Crippen LogP contribution in [0.5, 0.6) is 0 Å². The highest BCUT2D eigenvalue weighted by atomic mass is 35.5. The van der Waals surface area contributed by atoms with E-state index in [9.17, 15) is 4.79 Å². The number of anilines is 1. The molecule has 1 amide bonds. The summed E-state index contributed by atoms with van der Waals surface area (Å²) in [5, 5.41) is 9.79. The van der Waals surface area contributed by atoms with Crippen molar-refractivity contribution in [3.63, 3.8) is 0 Å². The summed E-state index contributed by atoms with van der Waals surface area (Å²) < 4.78 is 2.08. The lowest BCUT2D eigenvalue weighted by atomic mass is 9.91. The van der Waals surface area contributed by atoms with Crippen LogP contribution < -0.4 is 10.2 Å². The number of hydrogen-bond acceptors (Lipinski definition) is 3. The summed E-state index contributed by atoms with van der Waals surface area (Å²) in [7, 11) is 0. The molecule has 7 heteroatoms. The first kappa shape index (κ1) is 23.4. The molecule has 0 spiro atoms. The number of amides is 1.